The summed E-state index contributed by atoms with van der Waals surface area (Å²) in [4.78, 5) is 3.90. The maximum Gasteiger partial charge on any atom is 0.243 e. The summed E-state index contributed by atoms with van der Waals surface area (Å²) in [7, 11) is -3.74. The zero-order valence-corrected chi connectivity index (χ0v) is 14.3. The van der Waals surface area contributed by atoms with Gasteiger partial charge in [-0.05, 0) is 43.2 Å². The van der Waals surface area contributed by atoms with Gasteiger partial charge in [0.2, 0.25) is 10.0 Å². The molecule has 0 amide bonds. The van der Waals surface area contributed by atoms with Gasteiger partial charge in [-0.25, -0.2) is 12.8 Å². The molecule has 128 valence electrons. The van der Waals surface area contributed by atoms with Crippen LogP contribution >= 0.6 is 11.6 Å². The minimum Gasteiger partial charge on any atom is -0.489 e. The number of pyridine rings is 1. The Morgan fingerprint density at radius 1 is 1.25 bits per heavy atom. The summed E-state index contributed by atoms with van der Waals surface area (Å²) in [5, 5.41) is -0.210. The molecular weight excluding hydrogens is 355 g/mol. The molecule has 2 aromatic rings. The molecule has 0 unspecified atom stereocenters. The predicted molar refractivity (Wildman–Crippen MR) is 88.1 cm³/mol. The highest BCUT2D eigenvalue weighted by molar-refractivity contribution is 7.89. The van der Waals surface area contributed by atoms with E-state index >= 15 is 0 Å². The van der Waals surface area contributed by atoms with E-state index in [0.717, 1.165) is 18.6 Å². The second kappa shape index (κ2) is 7.04. The first-order valence-electron chi connectivity index (χ1n) is 7.49. The number of nitrogens with zero attached hydrogens (tertiary/aromatic N) is 2. The van der Waals surface area contributed by atoms with E-state index in [4.69, 9.17) is 16.3 Å². The molecular formula is C16H16ClFN2O3S. The van der Waals surface area contributed by atoms with Crippen LogP contribution in [0, 0.1) is 5.82 Å². The number of piperidine rings is 1. The Labute approximate surface area is 145 Å². The topological polar surface area (TPSA) is 59.5 Å². The summed E-state index contributed by atoms with van der Waals surface area (Å²) < 4.78 is 45.9. The fourth-order valence-electron chi connectivity index (χ4n) is 2.62. The van der Waals surface area contributed by atoms with E-state index in [0.29, 0.717) is 18.7 Å². The summed E-state index contributed by atoms with van der Waals surface area (Å²) in [6.45, 7) is 0.632. The van der Waals surface area contributed by atoms with Crippen molar-refractivity contribution < 1.29 is 17.5 Å². The number of ether oxygens (including phenoxy) is 1. The van der Waals surface area contributed by atoms with Gasteiger partial charge in [0.05, 0.1) is 16.5 Å². The molecule has 1 aliphatic heterocycles. The lowest BCUT2D eigenvalue weighted by Gasteiger charge is -2.32. The molecule has 2 heterocycles. The highest BCUT2D eigenvalue weighted by Gasteiger charge is 2.31. The van der Waals surface area contributed by atoms with Crippen molar-refractivity contribution >= 4 is 21.6 Å². The first kappa shape index (κ1) is 17.1. The molecule has 1 atom stereocenters. The lowest BCUT2D eigenvalue weighted by molar-refractivity contribution is 0.129. The molecule has 1 aromatic heterocycles. The smallest absolute Gasteiger partial charge is 0.243 e. The third-order valence-electron chi connectivity index (χ3n) is 3.82. The Morgan fingerprint density at radius 3 is 2.71 bits per heavy atom. The van der Waals surface area contributed by atoms with Crippen molar-refractivity contribution in [2.24, 2.45) is 0 Å². The molecule has 0 bridgehead atoms. The number of hydrogen-bond donors (Lipinski definition) is 0. The van der Waals surface area contributed by atoms with Gasteiger partial charge in [0.25, 0.3) is 0 Å². The third kappa shape index (κ3) is 3.68. The van der Waals surface area contributed by atoms with Crippen LogP contribution in [0.15, 0.2) is 47.6 Å². The molecule has 0 spiro atoms. The Bertz CT molecular complexity index is 817. The van der Waals surface area contributed by atoms with Gasteiger partial charge in [-0.15, -0.1) is 0 Å². The van der Waals surface area contributed by atoms with Gasteiger partial charge in [-0.1, -0.05) is 11.6 Å². The summed E-state index contributed by atoms with van der Waals surface area (Å²) in [5.74, 6) is 0.00670. The number of aromatic nitrogens is 1. The van der Waals surface area contributed by atoms with Crippen molar-refractivity contribution in [2.45, 2.75) is 23.8 Å². The average molecular weight is 371 g/mol. The maximum atomic E-state index is 13.3. The molecule has 1 fully saturated rings. The Hall–Kier alpha value is -1.70. The zero-order chi connectivity index (χ0) is 17.2. The van der Waals surface area contributed by atoms with Crippen LogP contribution in [0.2, 0.25) is 5.02 Å². The second-order valence-corrected chi connectivity index (χ2v) is 7.85. The van der Waals surface area contributed by atoms with Gasteiger partial charge in [-0.3, -0.25) is 4.98 Å². The summed E-state index contributed by atoms with van der Waals surface area (Å²) in [6, 6.07) is 6.88. The van der Waals surface area contributed by atoms with Crippen molar-refractivity contribution in [2.75, 3.05) is 13.1 Å². The fraction of sp³-hybridized carbons (Fsp3) is 0.312. The molecule has 5 nitrogen and oxygen atoms in total. The summed E-state index contributed by atoms with van der Waals surface area (Å²) in [5.41, 5.74) is 0. The van der Waals surface area contributed by atoms with Gasteiger partial charge in [0.1, 0.15) is 17.7 Å². The largest absolute Gasteiger partial charge is 0.489 e. The van der Waals surface area contributed by atoms with Crippen molar-refractivity contribution in [1.29, 1.82) is 0 Å². The highest BCUT2D eigenvalue weighted by Crippen LogP contribution is 2.26. The van der Waals surface area contributed by atoms with E-state index < -0.39 is 15.8 Å². The van der Waals surface area contributed by atoms with Crippen LogP contribution < -0.4 is 4.74 Å². The van der Waals surface area contributed by atoms with E-state index in [1.54, 1.807) is 24.5 Å². The first-order chi connectivity index (χ1) is 11.5. The van der Waals surface area contributed by atoms with Gasteiger partial charge in [0.15, 0.2) is 0 Å². The average Bonchev–Trinajstić information content (AvgIpc) is 2.58. The molecule has 1 aromatic carbocycles. The van der Waals surface area contributed by atoms with E-state index in [2.05, 4.69) is 4.98 Å². The van der Waals surface area contributed by atoms with Crippen LogP contribution in [-0.2, 0) is 10.0 Å². The van der Waals surface area contributed by atoms with Crippen molar-refractivity contribution in [3.8, 4) is 5.75 Å². The number of hydrogen-bond acceptors (Lipinski definition) is 4. The molecule has 0 aliphatic carbocycles. The molecule has 1 saturated heterocycles. The van der Waals surface area contributed by atoms with Crippen LogP contribution in [0.25, 0.3) is 0 Å². The van der Waals surface area contributed by atoms with E-state index in [-0.39, 0.29) is 22.6 Å². The molecule has 0 N–H and O–H groups in total. The number of halogens is 2. The van der Waals surface area contributed by atoms with Crippen molar-refractivity contribution in [1.82, 2.24) is 9.29 Å². The molecule has 0 radical (unpaired) electrons. The molecule has 1 aliphatic rings. The second-order valence-electron chi connectivity index (χ2n) is 5.50. The lowest BCUT2D eigenvalue weighted by Crippen LogP contribution is -2.44. The van der Waals surface area contributed by atoms with Gasteiger partial charge in [0, 0.05) is 18.9 Å². The van der Waals surface area contributed by atoms with Gasteiger partial charge < -0.3 is 4.74 Å². The molecule has 8 heteroatoms. The fourth-order valence-corrected chi connectivity index (χ4v) is 4.40. The molecule has 0 saturated carbocycles. The first-order valence-corrected chi connectivity index (χ1v) is 9.30. The monoisotopic (exact) mass is 370 g/mol. The minimum absolute atomic E-state index is 0.0153. The number of sulfonamides is 1. The van der Waals surface area contributed by atoms with Gasteiger partial charge >= 0.3 is 0 Å². The van der Waals surface area contributed by atoms with Crippen LogP contribution in [-0.4, -0.2) is 36.9 Å². The normalized spacial score (nSPS) is 19.2. The standard InChI is InChI=1S/C16H16ClFN2O3S/c17-15-10-14(3-4-16(15)18)24(21,22)20-9-1-2-13(11-20)23-12-5-7-19-8-6-12/h3-8,10,13H,1-2,9,11H2/t13-/m0/s1. The third-order valence-corrected chi connectivity index (χ3v) is 5.97. The minimum atomic E-state index is -3.74. The zero-order valence-electron chi connectivity index (χ0n) is 12.7. The van der Waals surface area contributed by atoms with Crippen LogP contribution in [0.4, 0.5) is 4.39 Å². The highest BCUT2D eigenvalue weighted by atomic mass is 35.5. The van der Waals surface area contributed by atoms with E-state index in [1.165, 1.54) is 10.4 Å². The van der Waals surface area contributed by atoms with Crippen LogP contribution in [0.5, 0.6) is 5.75 Å². The van der Waals surface area contributed by atoms with E-state index in [1.807, 2.05) is 0 Å². The van der Waals surface area contributed by atoms with Crippen molar-refractivity contribution in [3.63, 3.8) is 0 Å². The van der Waals surface area contributed by atoms with Gasteiger partial charge in [-0.2, -0.15) is 4.31 Å². The quantitative estimate of drug-likeness (QED) is 0.829. The predicted octanol–water partition coefficient (Wildman–Crippen LogP) is 3.11. The van der Waals surface area contributed by atoms with Crippen molar-refractivity contribution in [3.05, 3.63) is 53.6 Å². The summed E-state index contributed by atoms with van der Waals surface area (Å²) >= 11 is 5.71. The van der Waals surface area contributed by atoms with Crippen LogP contribution in [0.1, 0.15) is 12.8 Å². The summed E-state index contributed by atoms with van der Waals surface area (Å²) in [6.07, 6.45) is 4.44. The number of rotatable bonds is 4. The maximum absolute atomic E-state index is 13.3. The Morgan fingerprint density at radius 2 is 2.00 bits per heavy atom. The Kier molecular flexibility index (Phi) is 5.03. The lowest BCUT2D eigenvalue weighted by atomic mass is 10.1. The molecule has 3 rings (SSSR count). The Balaban J connectivity index is 1.77. The number of benzene rings is 1. The van der Waals surface area contributed by atoms with E-state index in [9.17, 15) is 12.8 Å². The molecule has 24 heavy (non-hydrogen) atoms. The SMILES string of the molecule is O=S(=O)(c1ccc(F)c(Cl)c1)N1CCC[C@H](Oc2ccncc2)C1. The van der Waals surface area contributed by atoms with Crippen LogP contribution in [0.3, 0.4) is 0 Å².